The van der Waals surface area contributed by atoms with Crippen LogP contribution in [0.15, 0.2) is 52.9 Å². The maximum atomic E-state index is 5.66. The Morgan fingerprint density at radius 1 is 0.913 bits per heavy atom. The smallest absolute Gasteiger partial charge is 0.235 e. The van der Waals surface area contributed by atoms with Crippen molar-refractivity contribution in [3.63, 3.8) is 0 Å². The number of anilines is 1. The predicted octanol–water partition coefficient (Wildman–Crippen LogP) is 3.00. The summed E-state index contributed by atoms with van der Waals surface area (Å²) in [7, 11) is 0. The van der Waals surface area contributed by atoms with Crippen molar-refractivity contribution in [3.8, 4) is 11.5 Å². The molecule has 3 aromatic rings. The predicted molar refractivity (Wildman–Crippen MR) is 83.4 cm³/mol. The molecule has 23 heavy (non-hydrogen) atoms. The van der Waals surface area contributed by atoms with Crippen molar-refractivity contribution in [2.45, 2.75) is 13.0 Å². The summed E-state index contributed by atoms with van der Waals surface area (Å²) >= 11 is 0. The van der Waals surface area contributed by atoms with Crippen molar-refractivity contribution >= 4 is 5.69 Å². The molecule has 0 amide bonds. The normalized spacial score (nSPS) is 12.3. The minimum atomic E-state index is 0.269. The van der Waals surface area contributed by atoms with Crippen LogP contribution in [0.4, 0.5) is 5.69 Å². The van der Waals surface area contributed by atoms with Crippen LogP contribution in [0, 0.1) is 0 Å². The Morgan fingerprint density at radius 3 is 2.65 bits per heavy atom. The van der Waals surface area contributed by atoms with Gasteiger partial charge in [-0.1, -0.05) is 30.3 Å². The number of hydrogen-bond acceptors (Lipinski definition) is 6. The average Bonchev–Trinajstić information content (AvgIpc) is 3.22. The van der Waals surface area contributed by atoms with Gasteiger partial charge in [0.05, 0.1) is 13.0 Å². The molecule has 1 N–H and O–H groups in total. The van der Waals surface area contributed by atoms with E-state index in [0.717, 1.165) is 22.7 Å². The molecule has 0 bridgehead atoms. The van der Waals surface area contributed by atoms with Crippen LogP contribution in [-0.2, 0) is 13.0 Å². The molecule has 0 unspecified atom stereocenters. The van der Waals surface area contributed by atoms with E-state index in [4.69, 9.17) is 13.9 Å². The molecule has 0 saturated heterocycles. The van der Waals surface area contributed by atoms with E-state index in [1.54, 1.807) is 0 Å². The zero-order chi connectivity index (χ0) is 15.5. The lowest BCUT2D eigenvalue weighted by Crippen LogP contribution is -1.99. The van der Waals surface area contributed by atoms with Crippen LogP contribution in [0.2, 0.25) is 0 Å². The molecule has 116 valence electrons. The number of fused-ring (bicyclic) bond motifs is 1. The third kappa shape index (κ3) is 3.11. The van der Waals surface area contributed by atoms with Gasteiger partial charge in [0.1, 0.15) is 0 Å². The molecule has 0 saturated carbocycles. The van der Waals surface area contributed by atoms with Crippen LogP contribution in [0.25, 0.3) is 0 Å². The third-order valence-corrected chi connectivity index (χ3v) is 3.52. The van der Waals surface area contributed by atoms with Crippen LogP contribution in [-0.4, -0.2) is 17.0 Å². The molecule has 0 spiro atoms. The minimum absolute atomic E-state index is 0.269. The Morgan fingerprint density at radius 2 is 1.74 bits per heavy atom. The van der Waals surface area contributed by atoms with Gasteiger partial charge in [-0.2, -0.15) is 0 Å². The maximum Gasteiger partial charge on any atom is 0.235 e. The van der Waals surface area contributed by atoms with Gasteiger partial charge >= 0.3 is 0 Å². The first kappa shape index (κ1) is 13.6. The van der Waals surface area contributed by atoms with Crippen molar-refractivity contribution in [3.05, 3.63) is 65.9 Å². The van der Waals surface area contributed by atoms with Crippen molar-refractivity contribution in [2.75, 3.05) is 12.1 Å². The van der Waals surface area contributed by atoms with Crippen LogP contribution >= 0.6 is 0 Å². The lowest BCUT2D eigenvalue weighted by Gasteiger charge is -2.04. The Kier molecular flexibility index (Phi) is 3.56. The summed E-state index contributed by atoms with van der Waals surface area (Å²) in [6, 6.07) is 15.7. The van der Waals surface area contributed by atoms with Crippen LogP contribution < -0.4 is 14.8 Å². The largest absolute Gasteiger partial charge is 0.454 e. The first-order valence-electron chi connectivity index (χ1n) is 7.35. The number of nitrogens with zero attached hydrogens (tertiary/aromatic N) is 2. The maximum absolute atomic E-state index is 5.66. The van der Waals surface area contributed by atoms with Gasteiger partial charge in [-0.25, -0.2) is 0 Å². The average molecular weight is 309 g/mol. The summed E-state index contributed by atoms with van der Waals surface area (Å²) in [5, 5.41) is 11.4. The quantitative estimate of drug-likeness (QED) is 0.781. The third-order valence-electron chi connectivity index (χ3n) is 3.52. The summed E-state index contributed by atoms with van der Waals surface area (Å²) in [4.78, 5) is 0. The van der Waals surface area contributed by atoms with E-state index in [1.807, 2.05) is 48.5 Å². The first-order chi connectivity index (χ1) is 11.4. The molecule has 0 aliphatic carbocycles. The molecule has 2 aromatic carbocycles. The number of benzene rings is 2. The molecule has 0 fully saturated rings. The second-order valence-corrected chi connectivity index (χ2v) is 5.17. The van der Waals surface area contributed by atoms with Gasteiger partial charge in [-0.3, -0.25) is 0 Å². The van der Waals surface area contributed by atoms with E-state index in [0.29, 0.717) is 24.7 Å². The van der Waals surface area contributed by atoms with Gasteiger partial charge in [-0.05, 0) is 17.7 Å². The van der Waals surface area contributed by atoms with Gasteiger partial charge in [0.15, 0.2) is 11.5 Å². The highest BCUT2D eigenvalue weighted by Crippen LogP contribution is 2.34. The monoisotopic (exact) mass is 309 g/mol. The number of ether oxygens (including phenoxy) is 2. The van der Waals surface area contributed by atoms with Crippen LogP contribution in [0.3, 0.4) is 0 Å². The summed E-state index contributed by atoms with van der Waals surface area (Å²) in [6.45, 7) is 0.729. The molecule has 1 aromatic heterocycles. The van der Waals surface area contributed by atoms with Crippen molar-refractivity contribution in [1.29, 1.82) is 0 Å². The SMILES string of the molecule is c1ccc(Cc2nnc(CNc3ccc4c(c3)OCO4)o2)cc1. The van der Waals surface area contributed by atoms with E-state index < -0.39 is 0 Å². The fourth-order valence-corrected chi connectivity index (χ4v) is 2.39. The molecule has 1 aliphatic heterocycles. The number of nitrogens with one attached hydrogen (secondary N) is 1. The van der Waals surface area contributed by atoms with Gasteiger partial charge in [0.25, 0.3) is 0 Å². The molecule has 1 aliphatic rings. The molecule has 6 nitrogen and oxygen atoms in total. The number of rotatable bonds is 5. The lowest BCUT2D eigenvalue weighted by molar-refractivity contribution is 0.174. The van der Waals surface area contributed by atoms with Gasteiger partial charge in [-0.15, -0.1) is 10.2 Å². The Bertz CT molecular complexity index is 802. The Labute approximate surface area is 133 Å². The molecular formula is C17H15N3O3. The number of hydrogen-bond donors (Lipinski definition) is 1. The molecule has 2 heterocycles. The van der Waals surface area contributed by atoms with Crippen molar-refractivity contribution in [2.24, 2.45) is 0 Å². The van der Waals surface area contributed by atoms with Crippen molar-refractivity contribution < 1.29 is 13.9 Å². The van der Waals surface area contributed by atoms with E-state index in [9.17, 15) is 0 Å². The topological polar surface area (TPSA) is 69.4 Å². The second kappa shape index (κ2) is 6.00. The molecular weight excluding hydrogens is 294 g/mol. The molecule has 0 radical (unpaired) electrons. The summed E-state index contributed by atoms with van der Waals surface area (Å²) in [5.41, 5.74) is 2.06. The summed E-state index contributed by atoms with van der Waals surface area (Å²) in [6.07, 6.45) is 0.637. The van der Waals surface area contributed by atoms with E-state index in [-0.39, 0.29) is 6.79 Å². The number of aromatic nitrogens is 2. The van der Waals surface area contributed by atoms with E-state index >= 15 is 0 Å². The molecule has 0 atom stereocenters. The molecule has 4 rings (SSSR count). The Balaban J connectivity index is 1.38. The van der Waals surface area contributed by atoms with E-state index in [2.05, 4.69) is 15.5 Å². The van der Waals surface area contributed by atoms with Gasteiger partial charge < -0.3 is 19.2 Å². The highest BCUT2D eigenvalue weighted by Gasteiger charge is 2.13. The summed E-state index contributed by atoms with van der Waals surface area (Å²) < 4.78 is 16.3. The van der Waals surface area contributed by atoms with Crippen LogP contribution in [0.5, 0.6) is 11.5 Å². The lowest BCUT2D eigenvalue weighted by atomic mass is 10.2. The van der Waals surface area contributed by atoms with Crippen molar-refractivity contribution in [1.82, 2.24) is 10.2 Å². The fraction of sp³-hybridized carbons (Fsp3) is 0.176. The minimum Gasteiger partial charge on any atom is -0.454 e. The van der Waals surface area contributed by atoms with E-state index in [1.165, 1.54) is 0 Å². The second-order valence-electron chi connectivity index (χ2n) is 5.17. The zero-order valence-corrected chi connectivity index (χ0v) is 12.4. The Hall–Kier alpha value is -3.02. The standard InChI is InChI=1S/C17H15N3O3/c1-2-4-12(5-3-1)8-16-19-20-17(23-16)10-18-13-6-7-14-15(9-13)22-11-21-14/h1-7,9,18H,8,10-11H2. The summed E-state index contributed by atoms with van der Waals surface area (Å²) in [5.74, 6) is 2.66. The van der Waals surface area contributed by atoms with Gasteiger partial charge in [0.2, 0.25) is 18.6 Å². The highest BCUT2D eigenvalue weighted by molar-refractivity contribution is 5.55. The van der Waals surface area contributed by atoms with Gasteiger partial charge in [0, 0.05) is 11.8 Å². The fourth-order valence-electron chi connectivity index (χ4n) is 2.39. The highest BCUT2D eigenvalue weighted by atomic mass is 16.7. The molecule has 6 heteroatoms. The first-order valence-corrected chi connectivity index (χ1v) is 7.35. The zero-order valence-electron chi connectivity index (χ0n) is 12.4. The van der Waals surface area contributed by atoms with Crippen LogP contribution in [0.1, 0.15) is 17.3 Å².